The van der Waals surface area contributed by atoms with E-state index < -0.39 is 5.41 Å². The molecule has 0 bridgehead atoms. The molecule has 1 N–H and O–H groups in total. The van der Waals surface area contributed by atoms with Crippen LogP contribution in [0.4, 0.5) is 5.69 Å². The van der Waals surface area contributed by atoms with E-state index in [1.165, 1.54) is 0 Å². The number of rotatable bonds is 6. The first-order valence-electron chi connectivity index (χ1n) is 7.77. The van der Waals surface area contributed by atoms with Crippen LogP contribution in [0.25, 0.3) is 0 Å². The first-order chi connectivity index (χ1) is 10.6. The van der Waals surface area contributed by atoms with Crippen molar-refractivity contribution in [2.75, 3.05) is 18.5 Å². The van der Waals surface area contributed by atoms with E-state index in [1.807, 2.05) is 13.8 Å². The number of nitrogens with one attached hydrogen (secondary N) is 1. The van der Waals surface area contributed by atoms with Crippen molar-refractivity contribution in [2.24, 2.45) is 5.41 Å². The SMILES string of the molecule is CCOc1ccc(NC(=O)C2(C#N)CCCC2)cc1OCC. The fraction of sp³-hybridized carbons (Fsp3) is 0.529. The highest BCUT2D eigenvalue weighted by molar-refractivity contribution is 5.97. The Hall–Kier alpha value is -2.22. The second-order valence-electron chi connectivity index (χ2n) is 5.38. The topological polar surface area (TPSA) is 71.3 Å². The van der Waals surface area contributed by atoms with Crippen LogP contribution in [0.3, 0.4) is 0 Å². The lowest BCUT2D eigenvalue weighted by molar-refractivity contribution is -0.122. The third kappa shape index (κ3) is 3.33. The highest BCUT2D eigenvalue weighted by Gasteiger charge is 2.41. The summed E-state index contributed by atoms with van der Waals surface area (Å²) < 4.78 is 11.0. The molecule has 1 aliphatic carbocycles. The van der Waals surface area contributed by atoms with Gasteiger partial charge in [-0.25, -0.2) is 0 Å². The van der Waals surface area contributed by atoms with E-state index in [-0.39, 0.29) is 5.91 Å². The Morgan fingerprint density at radius 3 is 2.45 bits per heavy atom. The van der Waals surface area contributed by atoms with Crippen LogP contribution in [0.15, 0.2) is 18.2 Å². The van der Waals surface area contributed by atoms with Crippen molar-refractivity contribution in [3.63, 3.8) is 0 Å². The summed E-state index contributed by atoms with van der Waals surface area (Å²) in [5, 5.41) is 12.2. The van der Waals surface area contributed by atoms with Crippen molar-refractivity contribution < 1.29 is 14.3 Å². The Balaban J connectivity index is 2.17. The maximum Gasteiger partial charge on any atom is 0.244 e. The average Bonchev–Trinajstić information content (AvgIpc) is 3.00. The number of hydrogen-bond donors (Lipinski definition) is 1. The molecular weight excluding hydrogens is 280 g/mol. The van der Waals surface area contributed by atoms with Gasteiger partial charge in [-0.15, -0.1) is 0 Å². The quantitative estimate of drug-likeness (QED) is 0.873. The van der Waals surface area contributed by atoms with E-state index in [0.29, 0.717) is 43.2 Å². The molecule has 118 valence electrons. The third-order valence-electron chi connectivity index (χ3n) is 3.91. The molecule has 1 fully saturated rings. The van der Waals surface area contributed by atoms with E-state index in [1.54, 1.807) is 18.2 Å². The monoisotopic (exact) mass is 302 g/mol. The van der Waals surface area contributed by atoms with Crippen molar-refractivity contribution >= 4 is 11.6 Å². The summed E-state index contributed by atoms with van der Waals surface area (Å²) in [4.78, 5) is 12.4. The van der Waals surface area contributed by atoms with Crippen LogP contribution < -0.4 is 14.8 Å². The number of amides is 1. The standard InChI is InChI=1S/C17H22N2O3/c1-3-21-14-8-7-13(11-15(14)22-4-2)19-16(20)17(12-18)9-5-6-10-17/h7-8,11H,3-6,9-10H2,1-2H3,(H,19,20). The van der Waals surface area contributed by atoms with Gasteiger partial charge < -0.3 is 14.8 Å². The molecule has 5 heteroatoms. The summed E-state index contributed by atoms with van der Waals surface area (Å²) in [5.74, 6) is 1.02. The number of benzene rings is 1. The Morgan fingerprint density at radius 2 is 1.86 bits per heavy atom. The second-order valence-corrected chi connectivity index (χ2v) is 5.38. The van der Waals surface area contributed by atoms with Gasteiger partial charge in [-0.3, -0.25) is 4.79 Å². The summed E-state index contributed by atoms with van der Waals surface area (Å²) in [7, 11) is 0. The molecule has 0 aliphatic heterocycles. The van der Waals surface area contributed by atoms with E-state index >= 15 is 0 Å². The molecule has 0 unspecified atom stereocenters. The molecule has 0 atom stereocenters. The second kappa shape index (κ2) is 7.17. The summed E-state index contributed by atoms with van der Waals surface area (Å²) >= 11 is 0. The fourth-order valence-corrected chi connectivity index (χ4v) is 2.75. The lowest BCUT2D eigenvalue weighted by Crippen LogP contribution is -2.32. The zero-order valence-corrected chi connectivity index (χ0v) is 13.1. The summed E-state index contributed by atoms with van der Waals surface area (Å²) in [6.45, 7) is 4.86. The molecule has 1 amide bonds. The highest BCUT2D eigenvalue weighted by Crippen LogP contribution is 2.39. The first-order valence-corrected chi connectivity index (χ1v) is 7.77. The number of nitriles is 1. The van der Waals surface area contributed by atoms with Crippen LogP contribution in [-0.4, -0.2) is 19.1 Å². The van der Waals surface area contributed by atoms with E-state index in [4.69, 9.17) is 9.47 Å². The zero-order chi connectivity index (χ0) is 16.0. The van der Waals surface area contributed by atoms with Crippen LogP contribution in [0.5, 0.6) is 11.5 Å². The smallest absolute Gasteiger partial charge is 0.244 e. The molecule has 2 rings (SSSR count). The van der Waals surface area contributed by atoms with Gasteiger partial charge in [-0.2, -0.15) is 5.26 Å². The third-order valence-corrected chi connectivity index (χ3v) is 3.91. The predicted molar refractivity (Wildman–Crippen MR) is 83.9 cm³/mol. The minimum atomic E-state index is -0.885. The first kappa shape index (κ1) is 16.2. The Morgan fingerprint density at radius 1 is 1.23 bits per heavy atom. The molecule has 1 saturated carbocycles. The molecule has 0 spiro atoms. The normalized spacial score (nSPS) is 15.9. The van der Waals surface area contributed by atoms with Crippen LogP contribution in [-0.2, 0) is 4.79 Å². The Bertz CT molecular complexity index is 572. The van der Waals surface area contributed by atoms with Gasteiger partial charge in [0.05, 0.1) is 19.3 Å². The molecule has 1 aliphatic rings. The van der Waals surface area contributed by atoms with Crippen molar-refractivity contribution in [1.82, 2.24) is 0 Å². The molecule has 5 nitrogen and oxygen atoms in total. The van der Waals surface area contributed by atoms with Crippen LogP contribution in [0, 0.1) is 16.7 Å². The van der Waals surface area contributed by atoms with Gasteiger partial charge in [0.2, 0.25) is 5.91 Å². The van der Waals surface area contributed by atoms with Gasteiger partial charge in [0.25, 0.3) is 0 Å². The van der Waals surface area contributed by atoms with Gasteiger partial charge in [0.1, 0.15) is 5.41 Å². The average molecular weight is 302 g/mol. The molecule has 0 saturated heterocycles. The van der Waals surface area contributed by atoms with Gasteiger partial charge in [-0.05, 0) is 38.8 Å². The molecule has 1 aromatic rings. The summed E-state index contributed by atoms with van der Waals surface area (Å²) in [6.07, 6.45) is 3.11. The number of nitrogens with zero attached hydrogens (tertiary/aromatic N) is 1. The highest BCUT2D eigenvalue weighted by atomic mass is 16.5. The largest absolute Gasteiger partial charge is 0.490 e. The maximum atomic E-state index is 12.4. The number of hydrogen-bond acceptors (Lipinski definition) is 4. The minimum absolute atomic E-state index is 0.223. The Labute approximate surface area is 131 Å². The van der Waals surface area contributed by atoms with Crippen molar-refractivity contribution in [3.05, 3.63) is 18.2 Å². The van der Waals surface area contributed by atoms with Gasteiger partial charge in [-0.1, -0.05) is 12.8 Å². The minimum Gasteiger partial charge on any atom is -0.490 e. The summed E-state index contributed by atoms with van der Waals surface area (Å²) in [6, 6.07) is 7.49. The number of ether oxygens (including phenoxy) is 2. The van der Waals surface area contributed by atoms with Crippen molar-refractivity contribution in [1.29, 1.82) is 5.26 Å². The molecule has 1 aromatic carbocycles. The van der Waals surface area contributed by atoms with Gasteiger partial charge in [0.15, 0.2) is 11.5 Å². The summed E-state index contributed by atoms with van der Waals surface area (Å²) in [5.41, 5.74) is -0.261. The predicted octanol–water partition coefficient (Wildman–Crippen LogP) is 3.51. The molecule has 0 radical (unpaired) electrons. The lowest BCUT2D eigenvalue weighted by Gasteiger charge is -2.20. The molecular formula is C17H22N2O3. The van der Waals surface area contributed by atoms with E-state index in [0.717, 1.165) is 12.8 Å². The fourth-order valence-electron chi connectivity index (χ4n) is 2.75. The molecule has 0 heterocycles. The van der Waals surface area contributed by atoms with E-state index in [2.05, 4.69) is 11.4 Å². The van der Waals surface area contributed by atoms with Gasteiger partial charge in [0, 0.05) is 11.8 Å². The van der Waals surface area contributed by atoms with Crippen LogP contribution >= 0.6 is 0 Å². The Kier molecular flexibility index (Phi) is 5.26. The van der Waals surface area contributed by atoms with Gasteiger partial charge >= 0.3 is 0 Å². The number of carbonyl (C=O) groups excluding carboxylic acids is 1. The number of carbonyl (C=O) groups is 1. The van der Waals surface area contributed by atoms with Crippen LogP contribution in [0.2, 0.25) is 0 Å². The number of anilines is 1. The maximum absolute atomic E-state index is 12.4. The van der Waals surface area contributed by atoms with E-state index in [9.17, 15) is 10.1 Å². The molecule has 22 heavy (non-hydrogen) atoms. The van der Waals surface area contributed by atoms with Crippen LogP contribution in [0.1, 0.15) is 39.5 Å². The zero-order valence-electron chi connectivity index (χ0n) is 13.1. The lowest BCUT2D eigenvalue weighted by atomic mass is 9.87. The molecule has 0 aromatic heterocycles. The van der Waals surface area contributed by atoms with Crippen molar-refractivity contribution in [2.45, 2.75) is 39.5 Å². The van der Waals surface area contributed by atoms with Crippen molar-refractivity contribution in [3.8, 4) is 17.6 Å².